The van der Waals surface area contributed by atoms with Crippen molar-refractivity contribution in [1.82, 2.24) is 0 Å². The molecule has 3 nitrogen and oxygen atoms in total. The van der Waals surface area contributed by atoms with Crippen LogP contribution in [0, 0.1) is 12.3 Å². The molecule has 0 N–H and O–H groups in total. The number of benzene rings is 3. The van der Waals surface area contributed by atoms with Gasteiger partial charge in [0.25, 0.3) is 0 Å². The Morgan fingerprint density at radius 2 is 1.50 bits per heavy atom. The summed E-state index contributed by atoms with van der Waals surface area (Å²) in [5.41, 5.74) is 5.74. The lowest BCUT2D eigenvalue weighted by Crippen LogP contribution is -2.47. The molecule has 7 rings (SSSR count). The van der Waals surface area contributed by atoms with Crippen molar-refractivity contribution in [3.05, 3.63) is 99.6 Å². The van der Waals surface area contributed by atoms with Crippen molar-refractivity contribution < 1.29 is 9.59 Å². The monoisotopic (exact) mass is 413 g/mol. The van der Waals surface area contributed by atoms with Crippen LogP contribution in [-0.2, 0) is 9.59 Å². The van der Waals surface area contributed by atoms with E-state index in [0.29, 0.717) is 17.1 Å². The Labute approximate surface area is 180 Å². The summed E-state index contributed by atoms with van der Waals surface area (Å²) < 4.78 is 0. The summed E-state index contributed by atoms with van der Waals surface area (Å²) in [5.74, 6) is -0.188. The predicted octanol–water partition coefficient (Wildman–Crippen LogP) is 5.58. The van der Waals surface area contributed by atoms with Crippen molar-refractivity contribution in [2.24, 2.45) is 5.41 Å². The van der Waals surface area contributed by atoms with E-state index < -0.39 is 5.41 Å². The summed E-state index contributed by atoms with van der Waals surface area (Å²) >= 11 is 6.31. The fourth-order valence-corrected chi connectivity index (χ4v) is 6.12. The second-order valence-corrected chi connectivity index (χ2v) is 9.16. The molecule has 0 radical (unpaired) electrons. The van der Waals surface area contributed by atoms with Gasteiger partial charge in [-0.2, -0.15) is 0 Å². The molecule has 1 atom stereocenters. The summed E-state index contributed by atoms with van der Waals surface area (Å²) in [5, 5.41) is 0.565. The fourth-order valence-electron chi connectivity index (χ4n) is 5.94. The lowest BCUT2D eigenvalue weighted by Gasteiger charge is -2.50. The Hall–Kier alpha value is -2.91. The van der Waals surface area contributed by atoms with Crippen molar-refractivity contribution in [3.8, 4) is 0 Å². The number of aryl methyl sites for hydroxylation is 1. The highest BCUT2D eigenvalue weighted by Crippen LogP contribution is 2.64. The molecule has 2 amide bonds. The van der Waals surface area contributed by atoms with E-state index in [4.69, 9.17) is 11.6 Å². The van der Waals surface area contributed by atoms with Crippen LogP contribution in [0.1, 0.15) is 52.5 Å². The average molecular weight is 414 g/mol. The normalized spacial score (nSPS) is 26.3. The van der Waals surface area contributed by atoms with E-state index in [1.54, 1.807) is 6.07 Å². The van der Waals surface area contributed by atoms with E-state index in [-0.39, 0.29) is 30.1 Å². The molecule has 1 heterocycles. The van der Waals surface area contributed by atoms with Gasteiger partial charge in [0, 0.05) is 23.3 Å². The molecule has 3 aromatic rings. The van der Waals surface area contributed by atoms with Crippen molar-refractivity contribution in [3.63, 3.8) is 0 Å². The SMILES string of the molecule is Cc1ccc(N2C(=O)C[C@]3(CC4c5ccccc5C3c3ccccc34)C2=O)cc1Cl. The van der Waals surface area contributed by atoms with Crippen molar-refractivity contribution in [1.29, 1.82) is 0 Å². The number of hydrogen-bond donors (Lipinski definition) is 0. The van der Waals surface area contributed by atoms with E-state index in [2.05, 4.69) is 36.4 Å². The number of nitrogens with zero attached hydrogens (tertiary/aromatic N) is 1. The van der Waals surface area contributed by atoms with Crippen LogP contribution >= 0.6 is 11.6 Å². The van der Waals surface area contributed by atoms with Crippen LogP contribution in [0.15, 0.2) is 66.7 Å². The number of carbonyl (C=O) groups excluding carboxylic acids is 2. The number of amides is 2. The molecular formula is C26H20ClNO2. The summed E-state index contributed by atoms with van der Waals surface area (Å²) in [4.78, 5) is 28.6. The third-order valence-corrected chi connectivity index (χ3v) is 7.65. The summed E-state index contributed by atoms with van der Waals surface area (Å²) in [6.45, 7) is 1.91. The number of halogens is 1. The van der Waals surface area contributed by atoms with E-state index in [0.717, 1.165) is 5.56 Å². The minimum Gasteiger partial charge on any atom is -0.274 e. The second-order valence-electron chi connectivity index (χ2n) is 8.75. The minimum absolute atomic E-state index is 0.0913. The van der Waals surface area contributed by atoms with Gasteiger partial charge in [-0.15, -0.1) is 0 Å². The molecule has 1 aliphatic heterocycles. The highest BCUT2D eigenvalue weighted by Gasteiger charge is 2.62. The minimum atomic E-state index is -0.734. The zero-order chi connectivity index (χ0) is 20.6. The van der Waals surface area contributed by atoms with Gasteiger partial charge in [0.1, 0.15) is 0 Å². The third-order valence-electron chi connectivity index (χ3n) is 7.24. The molecule has 0 aromatic heterocycles. The molecule has 0 saturated carbocycles. The summed E-state index contributed by atoms with van der Waals surface area (Å²) in [6, 6.07) is 22.2. The maximum atomic E-state index is 14.0. The highest BCUT2D eigenvalue weighted by molar-refractivity contribution is 6.32. The molecule has 30 heavy (non-hydrogen) atoms. The Balaban J connectivity index is 1.53. The smallest absolute Gasteiger partial charge is 0.241 e. The van der Waals surface area contributed by atoms with Crippen LogP contribution in [0.5, 0.6) is 0 Å². The first-order chi connectivity index (χ1) is 14.5. The predicted molar refractivity (Wildman–Crippen MR) is 117 cm³/mol. The standard InChI is InChI=1S/C26H20ClNO2/c1-15-10-11-16(12-22(15)27)28-23(29)14-26(25(28)30)13-21-17-6-2-4-8-19(17)24(26)20-9-5-3-7-18(20)21/h2-12,21,24H,13-14H2,1H3/t21?,24?,26-/m0/s1. The Morgan fingerprint density at radius 3 is 2.10 bits per heavy atom. The van der Waals surface area contributed by atoms with Crippen molar-refractivity contribution in [2.75, 3.05) is 4.90 Å². The van der Waals surface area contributed by atoms with Gasteiger partial charge >= 0.3 is 0 Å². The molecule has 1 saturated heterocycles. The average Bonchev–Trinajstić information content (AvgIpc) is 2.99. The molecule has 1 spiro atoms. The van der Waals surface area contributed by atoms with Gasteiger partial charge in [-0.25, -0.2) is 4.90 Å². The van der Waals surface area contributed by atoms with Crippen LogP contribution in [0.25, 0.3) is 0 Å². The van der Waals surface area contributed by atoms with Gasteiger partial charge in [0.15, 0.2) is 0 Å². The van der Waals surface area contributed by atoms with E-state index >= 15 is 0 Å². The first-order valence-electron chi connectivity index (χ1n) is 10.3. The molecule has 3 aromatic carbocycles. The van der Waals surface area contributed by atoms with Crippen molar-refractivity contribution in [2.45, 2.75) is 31.6 Å². The van der Waals surface area contributed by atoms with Crippen molar-refractivity contribution >= 4 is 29.1 Å². The third kappa shape index (κ3) is 2.16. The second kappa shape index (κ2) is 6.05. The van der Waals surface area contributed by atoms with Gasteiger partial charge in [0.05, 0.1) is 11.1 Å². The van der Waals surface area contributed by atoms with Crippen LogP contribution in [0.4, 0.5) is 5.69 Å². The first kappa shape index (κ1) is 17.9. The van der Waals surface area contributed by atoms with Crippen LogP contribution in [0.2, 0.25) is 5.02 Å². The molecule has 2 bridgehead atoms. The van der Waals surface area contributed by atoms with Gasteiger partial charge in [-0.3, -0.25) is 9.59 Å². The lowest BCUT2D eigenvalue weighted by molar-refractivity contribution is -0.127. The van der Waals surface area contributed by atoms with E-state index in [9.17, 15) is 9.59 Å². The fraction of sp³-hybridized carbons (Fsp3) is 0.231. The quantitative estimate of drug-likeness (QED) is 0.488. The van der Waals surface area contributed by atoms with Gasteiger partial charge in [0.2, 0.25) is 11.8 Å². The number of imide groups is 1. The molecule has 4 aliphatic rings. The molecule has 148 valence electrons. The zero-order valence-corrected chi connectivity index (χ0v) is 17.3. The largest absolute Gasteiger partial charge is 0.274 e. The molecular weight excluding hydrogens is 394 g/mol. The Morgan fingerprint density at radius 1 is 0.900 bits per heavy atom. The van der Waals surface area contributed by atoms with Crippen LogP contribution < -0.4 is 4.90 Å². The van der Waals surface area contributed by atoms with E-state index in [1.807, 2.05) is 31.2 Å². The molecule has 0 unspecified atom stereocenters. The number of anilines is 1. The van der Waals surface area contributed by atoms with Crippen LogP contribution in [0.3, 0.4) is 0 Å². The first-order valence-corrected chi connectivity index (χ1v) is 10.7. The van der Waals surface area contributed by atoms with Crippen LogP contribution in [-0.4, -0.2) is 11.8 Å². The number of hydrogen-bond acceptors (Lipinski definition) is 2. The van der Waals surface area contributed by atoms with Gasteiger partial charge in [-0.1, -0.05) is 66.2 Å². The zero-order valence-electron chi connectivity index (χ0n) is 16.6. The topological polar surface area (TPSA) is 37.4 Å². The molecule has 4 heteroatoms. The summed E-state index contributed by atoms with van der Waals surface area (Å²) in [7, 11) is 0. The molecule has 1 fully saturated rings. The Bertz CT molecular complexity index is 1200. The maximum absolute atomic E-state index is 14.0. The highest BCUT2D eigenvalue weighted by atomic mass is 35.5. The number of rotatable bonds is 1. The maximum Gasteiger partial charge on any atom is 0.241 e. The Kier molecular flexibility index (Phi) is 3.61. The summed E-state index contributed by atoms with van der Waals surface area (Å²) in [6.07, 6.45) is 0.910. The number of carbonyl (C=O) groups is 2. The van der Waals surface area contributed by atoms with Gasteiger partial charge < -0.3 is 0 Å². The molecule has 3 aliphatic carbocycles. The lowest BCUT2D eigenvalue weighted by atomic mass is 9.51. The van der Waals surface area contributed by atoms with Gasteiger partial charge in [-0.05, 0) is 53.3 Å². The van der Waals surface area contributed by atoms with E-state index in [1.165, 1.54) is 27.2 Å².